The molecule has 0 unspecified atom stereocenters. The minimum atomic E-state index is -0.337. The quantitative estimate of drug-likeness (QED) is 0.660. The van der Waals surface area contributed by atoms with E-state index in [1.807, 2.05) is 11.9 Å². The van der Waals surface area contributed by atoms with Gasteiger partial charge in [0.25, 0.3) is 0 Å². The van der Waals surface area contributed by atoms with Gasteiger partial charge < -0.3 is 15.5 Å². The van der Waals surface area contributed by atoms with E-state index in [-0.39, 0.29) is 11.3 Å². The topological polar surface area (TPSA) is 49.6 Å². The van der Waals surface area contributed by atoms with Crippen LogP contribution in [0.2, 0.25) is 0 Å². The Morgan fingerprint density at radius 3 is 1.95 bits per heavy atom. The molecular weight excluding hydrogens is 238 g/mol. The van der Waals surface area contributed by atoms with Crippen molar-refractivity contribution in [1.29, 1.82) is 0 Å². The van der Waals surface area contributed by atoms with E-state index < -0.39 is 0 Å². The molecule has 4 nitrogen and oxygen atoms in total. The first-order valence-corrected chi connectivity index (χ1v) is 7.53. The lowest BCUT2D eigenvalue weighted by atomic mass is 9.78. The standard InChI is InChI=1S/C15H33N3O/c1-6-9-15(13-16,10-7-2)14(19)18(5)12-8-11-17(3)4/h6-13,16H2,1-5H3. The molecule has 0 atom stereocenters. The molecule has 0 saturated carbocycles. The molecule has 0 aromatic carbocycles. The monoisotopic (exact) mass is 271 g/mol. The van der Waals surface area contributed by atoms with Crippen LogP contribution in [0, 0.1) is 5.41 Å². The maximum Gasteiger partial charge on any atom is 0.229 e. The van der Waals surface area contributed by atoms with Gasteiger partial charge in [-0.05, 0) is 39.9 Å². The summed E-state index contributed by atoms with van der Waals surface area (Å²) in [7, 11) is 6.02. The molecule has 0 aromatic heterocycles. The number of carbonyl (C=O) groups is 1. The number of hydrogen-bond donors (Lipinski definition) is 1. The minimum Gasteiger partial charge on any atom is -0.345 e. The molecule has 4 heteroatoms. The highest BCUT2D eigenvalue weighted by molar-refractivity contribution is 5.82. The Labute approximate surface area is 119 Å². The number of nitrogens with zero attached hydrogens (tertiary/aromatic N) is 2. The molecule has 0 aromatic rings. The van der Waals surface area contributed by atoms with Gasteiger partial charge in [-0.3, -0.25) is 4.79 Å². The predicted octanol–water partition coefficient (Wildman–Crippen LogP) is 1.94. The lowest BCUT2D eigenvalue weighted by Crippen LogP contribution is -2.47. The Balaban J connectivity index is 4.59. The number of hydrogen-bond acceptors (Lipinski definition) is 3. The zero-order chi connectivity index (χ0) is 14.9. The summed E-state index contributed by atoms with van der Waals surface area (Å²) in [6.07, 6.45) is 4.82. The van der Waals surface area contributed by atoms with Gasteiger partial charge in [0.05, 0.1) is 5.41 Å². The predicted molar refractivity (Wildman–Crippen MR) is 82.1 cm³/mol. The van der Waals surface area contributed by atoms with Crippen LogP contribution in [0.25, 0.3) is 0 Å². The molecule has 0 saturated heterocycles. The highest BCUT2D eigenvalue weighted by Gasteiger charge is 2.37. The second-order valence-electron chi connectivity index (χ2n) is 5.87. The molecule has 0 aliphatic rings. The van der Waals surface area contributed by atoms with Gasteiger partial charge in [-0.2, -0.15) is 0 Å². The SMILES string of the molecule is CCCC(CN)(CCC)C(=O)N(C)CCCN(C)C. The molecule has 0 radical (unpaired) electrons. The molecule has 0 aliphatic heterocycles. The van der Waals surface area contributed by atoms with Crippen molar-refractivity contribution in [3.05, 3.63) is 0 Å². The van der Waals surface area contributed by atoms with Crippen molar-refractivity contribution in [1.82, 2.24) is 9.80 Å². The summed E-state index contributed by atoms with van der Waals surface area (Å²) in [5.74, 6) is 0.234. The molecule has 114 valence electrons. The van der Waals surface area contributed by atoms with Gasteiger partial charge in [-0.1, -0.05) is 26.7 Å². The molecule has 19 heavy (non-hydrogen) atoms. The summed E-state index contributed by atoms with van der Waals surface area (Å²) < 4.78 is 0. The van der Waals surface area contributed by atoms with Crippen molar-refractivity contribution in [2.75, 3.05) is 40.8 Å². The molecule has 0 rings (SSSR count). The molecule has 0 fully saturated rings. The van der Waals surface area contributed by atoms with Crippen molar-refractivity contribution in [2.45, 2.75) is 46.0 Å². The fraction of sp³-hybridized carbons (Fsp3) is 0.933. The smallest absolute Gasteiger partial charge is 0.229 e. The van der Waals surface area contributed by atoms with Crippen molar-refractivity contribution in [3.63, 3.8) is 0 Å². The second-order valence-corrected chi connectivity index (χ2v) is 5.87. The fourth-order valence-corrected chi connectivity index (χ4v) is 2.72. The summed E-state index contributed by atoms with van der Waals surface area (Å²) in [5, 5.41) is 0. The van der Waals surface area contributed by atoms with Gasteiger partial charge >= 0.3 is 0 Å². The van der Waals surface area contributed by atoms with E-state index in [0.29, 0.717) is 6.54 Å². The van der Waals surface area contributed by atoms with E-state index >= 15 is 0 Å². The molecule has 1 amide bonds. The van der Waals surface area contributed by atoms with Gasteiger partial charge in [0.15, 0.2) is 0 Å². The highest BCUT2D eigenvalue weighted by Crippen LogP contribution is 2.30. The van der Waals surface area contributed by atoms with E-state index in [0.717, 1.165) is 45.2 Å². The zero-order valence-electron chi connectivity index (χ0n) is 13.5. The molecule has 2 N–H and O–H groups in total. The first kappa shape index (κ1) is 18.4. The fourth-order valence-electron chi connectivity index (χ4n) is 2.72. The van der Waals surface area contributed by atoms with Crippen LogP contribution in [-0.2, 0) is 4.79 Å². The van der Waals surface area contributed by atoms with Crippen LogP contribution in [0.4, 0.5) is 0 Å². The van der Waals surface area contributed by atoms with Gasteiger partial charge in [-0.25, -0.2) is 0 Å². The normalized spacial score (nSPS) is 11.9. The largest absolute Gasteiger partial charge is 0.345 e. The average Bonchev–Trinajstić information content (AvgIpc) is 2.36. The van der Waals surface area contributed by atoms with Gasteiger partial charge in [-0.15, -0.1) is 0 Å². The lowest BCUT2D eigenvalue weighted by Gasteiger charge is -2.35. The van der Waals surface area contributed by atoms with Crippen LogP contribution >= 0.6 is 0 Å². The van der Waals surface area contributed by atoms with E-state index in [1.165, 1.54) is 0 Å². The van der Waals surface area contributed by atoms with Gasteiger partial charge in [0.1, 0.15) is 0 Å². The van der Waals surface area contributed by atoms with Crippen LogP contribution in [0.15, 0.2) is 0 Å². The maximum absolute atomic E-state index is 12.7. The second kappa shape index (κ2) is 9.32. The average molecular weight is 271 g/mol. The first-order valence-electron chi connectivity index (χ1n) is 7.53. The summed E-state index contributed by atoms with van der Waals surface area (Å²) in [4.78, 5) is 16.7. The van der Waals surface area contributed by atoms with Gasteiger partial charge in [0.2, 0.25) is 5.91 Å². The van der Waals surface area contributed by atoms with Crippen molar-refractivity contribution in [3.8, 4) is 0 Å². The number of carbonyl (C=O) groups excluding carboxylic acids is 1. The Hall–Kier alpha value is -0.610. The number of amides is 1. The Morgan fingerprint density at radius 1 is 1.05 bits per heavy atom. The molecule has 0 aliphatic carbocycles. The van der Waals surface area contributed by atoms with E-state index in [2.05, 4.69) is 32.8 Å². The number of nitrogens with two attached hydrogens (primary N) is 1. The van der Waals surface area contributed by atoms with Crippen molar-refractivity contribution < 1.29 is 4.79 Å². The van der Waals surface area contributed by atoms with Crippen molar-refractivity contribution >= 4 is 5.91 Å². The van der Waals surface area contributed by atoms with Crippen molar-refractivity contribution in [2.24, 2.45) is 11.1 Å². The van der Waals surface area contributed by atoms with Crippen LogP contribution in [0.1, 0.15) is 46.0 Å². The maximum atomic E-state index is 12.7. The zero-order valence-corrected chi connectivity index (χ0v) is 13.5. The molecule has 0 bridgehead atoms. The number of rotatable bonds is 10. The summed E-state index contributed by atoms with van der Waals surface area (Å²) in [6, 6.07) is 0. The Morgan fingerprint density at radius 2 is 1.58 bits per heavy atom. The molecule has 0 spiro atoms. The molecular formula is C15H33N3O. The minimum absolute atomic E-state index is 0.234. The third-order valence-electron chi connectivity index (χ3n) is 3.75. The Kier molecular flexibility index (Phi) is 9.02. The van der Waals surface area contributed by atoms with E-state index in [4.69, 9.17) is 5.73 Å². The third kappa shape index (κ3) is 5.91. The summed E-state index contributed by atoms with van der Waals surface area (Å²) in [5.41, 5.74) is 5.60. The highest BCUT2D eigenvalue weighted by atomic mass is 16.2. The first-order chi connectivity index (χ1) is 8.93. The van der Waals surface area contributed by atoms with Crippen LogP contribution in [0.3, 0.4) is 0 Å². The van der Waals surface area contributed by atoms with Crippen LogP contribution < -0.4 is 5.73 Å². The van der Waals surface area contributed by atoms with Gasteiger partial charge in [0, 0.05) is 20.1 Å². The third-order valence-corrected chi connectivity index (χ3v) is 3.75. The summed E-state index contributed by atoms with van der Waals surface area (Å²) in [6.45, 7) is 6.53. The summed E-state index contributed by atoms with van der Waals surface area (Å²) >= 11 is 0. The Bertz CT molecular complexity index is 248. The van der Waals surface area contributed by atoms with Crippen LogP contribution in [-0.4, -0.2) is 56.5 Å². The lowest BCUT2D eigenvalue weighted by molar-refractivity contribution is -0.141. The van der Waals surface area contributed by atoms with E-state index in [9.17, 15) is 4.79 Å². The molecule has 0 heterocycles. The van der Waals surface area contributed by atoms with Crippen LogP contribution in [0.5, 0.6) is 0 Å². The van der Waals surface area contributed by atoms with E-state index in [1.54, 1.807) is 0 Å².